The number of hydrogen-bond donors (Lipinski definition) is 2. The molecule has 4 rings (SSSR count). The maximum absolute atomic E-state index is 12.6. The molecule has 0 spiro atoms. The van der Waals surface area contributed by atoms with Crippen LogP contribution in [0.1, 0.15) is 10.4 Å². The first-order valence-electron chi connectivity index (χ1n) is 9.48. The topological polar surface area (TPSA) is 99.8 Å². The van der Waals surface area contributed by atoms with Gasteiger partial charge in [-0.05, 0) is 36.4 Å². The molecular formula is C21H20F3N5O3. The van der Waals surface area contributed by atoms with Crippen molar-refractivity contribution in [2.24, 2.45) is 4.99 Å². The van der Waals surface area contributed by atoms with Crippen LogP contribution < -0.4 is 15.8 Å². The molecule has 1 amide bonds. The Bertz CT molecular complexity index is 1220. The van der Waals surface area contributed by atoms with Crippen LogP contribution in [0.2, 0.25) is 0 Å². The fourth-order valence-corrected chi connectivity index (χ4v) is 3.02. The Morgan fingerprint density at radius 1 is 1.12 bits per heavy atom. The zero-order chi connectivity index (χ0) is 23.5. The van der Waals surface area contributed by atoms with Crippen molar-refractivity contribution in [3.05, 3.63) is 59.7 Å². The molecule has 0 saturated heterocycles. The lowest BCUT2D eigenvalue weighted by atomic mass is 10.2. The third-order valence-corrected chi connectivity index (χ3v) is 4.59. The molecule has 2 N–H and O–H groups in total. The van der Waals surface area contributed by atoms with Gasteiger partial charge in [-0.25, -0.2) is 9.78 Å². The highest BCUT2D eigenvalue weighted by atomic mass is 19.4. The zero-order valence-electron chi connectivity index (χ0n) is 17.2. The van der Waals surface area contributed by atoms with E-state index in [1.165, 1.54) is 0 Å². The molecule has 32 heavy (non-hydrogen) atoms. The van der Waals surface area contributed by atoms with Gasteiger partial charge in [-0.3, -0.25) is 9.36 Å². The van der Waals surface area contributed by atoms with Crippen LogP contribution in [0.15, 0.2) is 53.5 Å². The van der Waals surface area contributed by atoms with Gasteiger partial charge >= 0.3 is 12.1 Å². The second-order valence-electron chi connectivity index (χ2n) is 7.02. The monoisotopic (exact) mass is 447 g/mol. The molecule has 0 unspecified atom stereocenters. The predicted octanol–water partition coefficient (Wildman–Crippen LogP) is 2.90. The van der Waals surface area contributed by atoms with E-state index in [-0.39, 0.29) is 5.91 Å². The Morgan fingerprint density at radius 2 is 1.75 bits per heavy atom. The van der Waals surface area contributed by atoms with Crippen LogP contribution in [0.3, 0.4) is 0 Å². The summed E-state index contributed by atoms with van der Waals surface area (Å²) in [4.78, 5) is 32.3. The van der Waals surface area contributed by atoms with Gasteiger partial charge in [0, 0.05) is 43.8 Å². The second kappa shape index (κ2) is 9.08. The number of carbonyl (C=O) groups excluding carboxylic acids is 1. The number of fused-ring (bicyclic) bond motifs is 3. The third-order valence-electron chi connectivity index (χ3n) is 4.59. The highest BCUT2D eigenvalue weighted by Crippen LogP contribution is 2.22. The Hall–Kier alpha value is -3.89. The molecule has 1 aliphatic rings. The number of aromatic nitrogens is 2. The van der Waals surface area contributed by atoms with Crippen molar-refractivity contribution in [2.75, 3.05) is 30.9 Å². The lowest BCUT2D eigenvalue weighted by Gasteiger charge is -2.11. The van der Waals surface area contributed by atoms with E-state index < -0.39 is 12.1 Å². The summed E-state index contributed by atoms with van der Waals surface area (Å²) in [6, 6.07) is 15.3. The number of hydrogen-bond acceptors (Lipinski definition) is 5. The van der Waals surface area contributed by atoms with Crippen LogP contribution in [-0.2, 0) is 11.3 Å². The summed E-state index contributed by atoms with van der Waals surface area (Å²) in [5.74, 6) is -2.07. The van der Waals surface area contributed by atoms with E-state index in [1.807, 2.05) is 60.0 Å². The first-order chi connectivity index (χ1) is 15.1. The van der Waals surface area contributed by atoms with Crippen molar-refractivity contribution >= 4 is 34.3 Å². The van der Waals surface area contributed by atoms with Gasteiger partial charge in [-0.15, -0.1) is 0 Å². The number of aliphatic carboxylic acids is 1. The molecule has 1 aliphatic heterocycles. The highest BCUT2D eigenvalue weighted by molar-refractivity contribution is 5.95. The average molecular weight is 447 g/mol. The van der Waals surface area contributed by atoms with Crippen LogP contribution in [0.5, 0.6) is 0 Å². The van der Waals surface area contributed by atoms with Crippen LogP contribution in [0.25, 0.3) is 10.9 Å². The van der Waals surface area contributed by atoms with Crippen molar-refractivity contribution in [3.63, 3.8) is 0 Å². The summed E-state index contributed by atoms with van der Waals surface area (Å²) in [7, 11) is 3.93. The van der Waals surface area contributed by atoms with Crippen molar-refractivity contribution in [1.29, 1.82) is 0 Å². The maximum atomic E-state index is 12.6. The number of carbonyl (C=O) groups is 2. The molecule has 1 aromatic heterocycles. The SMILES string of the molecule is CN(C)c1ccc(C(=O)N=c2nc3ccccc3c3n2CCN3)cc1.O=C(O)C(F)(F)F. The van der Waals surface area contributed by atoms with E-state index >= 15 is 0 Å². The van der Waals surface area contributed by atoms with E-state index in [0.717, 1.165) is 35.5 Å². The lowest BCUT2D eigenvalue weighted by molar-refractivity contribution is -0.192. The van der Waals surface area contributed by atoms with E-state index in [1.54, 1.807) is 12.1 Å². The fourth-order valence-electron chi connectivity index (χ4n) is 3.02. The predicted molar refractivity (Wildman–Crippen MR) is 113 cm³/mol. The number of carboxylic acid groups (broad SMARTS) is 1. The molecule has 11 heteroatoms. The van der Waals surface area contributed by atoms with Crippen LogP contribution in [-0.4, -0.2) is 53.4 Å². The number of benzene rings is 2. The van der Waals surface area contributed by atoms with E-state index in [4.69, 9.17) is 9.90 Å². The number of para-hydroxylation sites is 1. The Balaban J connectivity index is 0.000000360. The molecule has 2 aromatic carbocycles. The van der Waals surface area contributed by atoms with Crippen molar-refractivity contribution < 1.29 is 27.9 Å². The number of halogens is 3. The van der Waals surface area contributed by atoms with Crippen LogP contribution in [0, 0.1) is 0 Å². The minimum atomic E-state index is -5.08. The molecule has 0 radical (unpaired) electrons. The number of nitrogens with one attached hydrogen (secondary N) is 1. The van der Waals surface area contributed by atoms with Gasteiger partial charge in [0.05, 0.1) is 5.52 Å². The molecular weight excluding hydrogens is 427 g/mol. The zero-order valence-corrected chi connectivity index (χ0v) is 17.2. The summed E-state index contributed by atoms with van der Waals surface area (Å²) >= 11 is 0. The van der Waals surface area contributed by atoms with Crippen molar-refractivity contribution in [1.82, 2.24) is 9.55 Å². The first-order valence-corrected chi connectivity index (χ1v) is 9.48. The molecule has 168 valence electrons. The number of rotatable bonds is 2. The molecule has 0 fully saturated rings. The standard InChI is InChI=1S/C19H19N5O.C2HF3O2/c1-23(2)14-9-7-13(8-10-14)18(25)22-19-21-16-6-4-3-5-15(16)17-20-11-12-24(17)19;3-2(4,5)1(6)7/h3-10,20H,11-12H2,1-2H3;(H,6,7). The fraction of sp³-hybridized carbons (Fsp3) is 0.238. The first kappa shape index (κ1) is 22.8. The molecule has 2 heterocycles. The van der Waals surface area contributed by atoms with Crippen molar-refractivity contribution in [3.8, 4) is 0 Å². The smallest absolute Gasteiger partial charge is 0.475 e. The number of nitrogens with zero attached hydrogens (tertiary/aromatic N) is 4. The summed E-state index contributed by atoms with van der Waals surface area (Å²) in [6.45, 7) is 1.56. The molecule has 3 aromatic rings. The summed E-state index contributed by atoms with van der Waals surface area (Å²) < 4.78 is 33.7. The van der Waals surface area contributed by atoms with Crippen molar-refractivity contribution in [2.45, 2.75) is 12.7 Å². The van der Waals surface area contributed by atoms with Gasteiger partial charge in [0.1, 0.15) is 5.82 Å². The number of alkyl halides is 3. The minimum Gasteiger partial charge on any atom is -0.475 e. The van der Waals surface area contributed by atoms with Gasteiger partial charge in [-0.2, -0.15) is 18.2 Å². The molecule has 0 aliphatic carbocycles. The number of anilines is 2. The molecule has 0 saturated carbocycles. The highest BCUT2D eigenvalue weighted by Gasteiger charge is 2.38. The van der Waals surface area contributed by atoms with E-state index in [0.29, 0.717) is 11.2 Å². The lowest BCUT2D eigenvalue weighted by Crippen LogP contribution is -2.24. The quantitative estimate of drug-likeness (QED) is 0.627. The van der Waals surface area contributed by atoms with E-state index in [2.05, 4.69) is 15.3 Å². The number of carboxylic acids is 1. The van der Waals surface area contributed by atoms with Gasteiger partial charge in [0.25, 0.3) is 5.91 Å². The molecule has 8 nitrogen and oxygen atoms in total. The second-order valence-corrected chi connectivity index (χ2v) is 7.02. The van der Waals surface area contributed by atoms with E-state index in [9.17, 15) is 18.0 Å². The Labute approximate surface area is 180 Å². The average Bonchev–Trinajstić information content (AvgIpc) is 3.24. The number of amides is 1. The summed E-state index contributed by atoms with van der Waals surface area (Å²) in [5.41, 5.74) is 2.87. The van der Waals surface area contributed by atoms with Crippen LogP contribution >= 0.6 is 0 Å². The van der Waals surface area contributed by atoms with Gasteiger partial charge in [-0.1, -0.05) is 12.1 Å². The minimum absolute atomic E-state index is 0.283. The van der Waals surface area contributed by atoms with Crippen LogP contribution in [0.4, 0.5) is 24.7 Å². The largest absolute Gasteiger partial charge is 0.490 e. The van der Waals surface area contributed by atoms with Gasteiger partial charge < -0.3 is 15.3 Å². The summed E-state index contributed by atoms with van der Waals surface area (Å²) in [6.07, 6.45) is -5.08. The summed E-state index contributed by atoms with van der Waals surface area (Å²) in [5, 5.41) is 11.5. The third kappa shape index (κ3) is 5.05. The Morgan fingerprint density at radius 3 is 2.34 bits per heavy atom. The maximum Gasteiger partial charge on any atom is 0.490 e. The molecule has 0 bridgehead atoms. The normalized spacial score (nSPS) is 13.1. The van der Waals surface area contributed by atoms with Gasteiger partial charge in [0.2, 0.25) is 5.62 Å². The molecule has 0 atom stereocenters. The Kier molecular flexibility index (Phi) is 6.47. The van der Waals surface area contributed by atoms with Gasteiger partial charge in [0.15, 0.2) is 0 Å².